The minimum absolute atomic E-state index is 0.00755. The summed E-state index contributed by atoms with van der Waals surface area (Å²) in [5.41, 5.74) is -0.884. The first-order valence-corrected chi connectivity index (χ1v) is 6.23. The van der Waals surface area contributed by atoms with Gasteiger partial charge in [0.1, 0.15) is 0 Å². The molecule has 0 aliphatic heterocycles. The third kappa shape index (κ3) is 3.91. The van der Waals surface area contributed by atoms with Crippen molar-refractivity contribution >= 4 is 10.0 Å². The molecule has 1 atom stereocenters. The van der Waals surface area contributed by atoms with Crippen LogP contribution in [-0.4, -0.2) is 54.0 Å². The lowest BCUT2D eigenvalue weighted by Crippen LogP contribution is -2.52. The lowest BCUT2D eigenvalue weighted by molar-refractivity contribution is 0.0811. The summed E-state index contributed by atoms with van der Waals surface area (Å²) in [5, 5.41) is 18.2. The van der Waals surface area contributed by atoms with E-state index in [2.05, 4.69) is 0 Å². The van der Waals surface area contributed by atoms with Crippen LogP contribution in [0.1, 0.15) is 20.8 Å². The van der Waals surface area contributed by atoms with E-state index in [1.807, 2.05) is 0 Å². The Balaban J connectivity index is 4.93. The molecule has 0 amide bonds. The van der Waals surface area contributed by atoms with Gasteiger partial charge in [-0.25, -0.2) is 8.42 Å². The van der Waals surface area contributed by atoms with Crippen molar-refractivity contribution in [3.05, 3.63) is 0 Å². The molecule has 0 heterocycles. The second-order valence-electron chi connectivity index (χ2n) is 4.11. The lowest BCUT2D eigenvalue weighted by atomic mass is 10.1. The van der Waals surface area contributed by atoms with Gasteiger partial charge in [0.05, 0.1) is 24.5 Å². The van der Waals surface area contributed by atoms with Crippen LogP contribution < -0.4 is 0 Å². The standard InChI is InChI=1S/C8H19NO4S/c1-7(11)5-9(14(4,12)13)8(2,3)6-10/h7,10-11H,5-6H2,1-4H3. The highest BCUT2D eigenvalue weighted by molar-refractivity contribution is 7.88. The van der Waals surface area contributed by atoms with Gasteiger partial charge in [-0.05, 0) is 20.8 Å². The summed E-state index contributed by atoms with van der Waals surface area (Å²) in [6.07, 6.45) is 0.308. The Morgan fingerprint density at radius 2 is 1.86 bits per heavy atom. The van der Waals surface area contributed by atoms with Crippen molar-refractivity contribution in [2.24, 2.45) is 0 Å². The van der Waals surface area contributed by atoms with Crippen LogP contribution in [0.4, 0.5) is 0 Å². The van der Waals surface area contributed by atoms with Gasteiger partial charge in [-0.1, -0.05) is 0 Å². The summed E-state index contributed by atoms with van der Waals surface area (Å²) in [7, 11) is -3.42. The molecule has 0 saturated carbocycles. The monoisotopic (exact) mass is 225 g/mol. The van der Waals surface area contributed by atoms with Gasteiger partial charge in [0.15, 0.2) is 0 Å². The van der Waals surface area contributed by atoms with Gasteiger partial charge in [0, 0.05) is 6.54 Å². The van der Waals surface area contributed by atoms with Crippen LogP contribution >= 0.6 is 0 Å². The smallest absolute Gasteiger partial charge is 0.211 e. The summed E-state index contributed by atoms with van der Waals surface area (Å²) in [5.74, 6) is 0. The van der Waals surface area contributed by atoms with Crippen molar-refractivity contribution in [2.45, 2.75) is 32.4 Å². The van der Waals surface area contributed by atoms with Crippen LogP contribution in [-0.2, 0) is 10.0 Å². The van der Waals surface area contributed by atoms with Crippen molar-refractivity contribution in [1.82, 2.24) is 4.31 Å². The Hall–Kier alpha value is -0.170. The normalized spacial score (nSPS) is 15.9. The molecule has 0 aliphatic rings. The third-order valence-corrected chi connectivity index (χ3v) is 3.34. The van der Waals surface area contributed by atoms with E-state index in [9.17, 15) is 8.42 Å². The molecule has 0 aliphatic carbocycles. The van der Waals surface area contributed by atoms with Crippen LogP contribution in [0.3, 0.4) is 0 Å². The van der Waals surface area contributed by atoms with Gasteiger partial charge in [-0.3, -0.25) is 0 Å². The maximum absolute atomic E-state index is 11.4. The Bertz CT molecular complexity index is 271. The van der Waals surface area contributed by atoms with Gasteiger partial charge >= 0.3 is 0 Å². The molecule has 1 unspecified atom stereocenters. The highest BCUT2D eigenvalue weighted by Gasteiger charge is 2.33. The Labute approximate surface area is 85.4 Å². The van der Waals surface area contributed by atoms with Crippen molar-refractivity contribution in [1.29, 1.82) is 0 Å². The quantitative estimate of drug-likeness (QED) is 0.655. The number of hydrogen-bond donors (Lipinski definition) is 2. The van der Waals surface area contributed by atoms with Crippen molar-refractivity contribution in [3.63, 3.8) is 0 Å². The second kappa shape index (κ2) is 4.57. The predicted octanol–water partition coefficient (Wildman–Crippen LogP) is -0.600. The minimum atomic E-state index is -3.42. The predicted molar refractivity (Wildman–Crippen MR) is 54.4 cm³/mol. The van der Waals surface area contributed by atoms with Crippen LogP contribution in [0.2, 0.25) is 0 Å². The molecule has 14 heavy (non-hydrogen) atoms. The number of hydrogen-bond acceptors (Lipinski definition) is 4. The van der Waals surface area contributed by atoms with Crippen LogP contribution in [0.25, 0.3) is 0 Å². The maximum Gasteiger partial charge on any atom is 0.211 e. The molecule has 0 rings (SSSR count). The van der Waals surface area contributed by atoms with E-state index in [1.165, 1.54) is 6.92 Å². The van der Waals surface area contributed by atoms with E-state index < -0.39 is 21.7 Å². The van der Waals surface area contributed by atoms with Gasteiger partial charge in [0.25, 0.3) is 0 Å². The summed E-state index contributed by atoms with van der Waals surface area (Å²) < 4.78 is 23.9. The molecule has 86 valence electrons. The number of rotatable bonds is 5. The van der Waals surface area contributed by atoms with Crippen molar-refractivity contribution in [2.75, 3.05) is 19.4 Å². The van der Waals surface area contributed by atoms with Crippen LogP contribution in [0.5, 0.6) is 0 Å². The molecule has 0 aromatic heterocycles. The van der Waals surface area contributed by atoms with E-state index in [4.69, 9.17) is 10.2 Å². The number of sulfonamides is 1. The first-order valence-electron chi connectivity index (χ1n) is 4.38. The molecule has 0 spiro atoms. The van der Waals surface area contributed by atoms with Crippen molar-refractivity contribution < 1.29 is 18.6 Å². The first kappa shape index (κ1) is 13.8. The molecule has 0 saturated heterocycles. The van der Waals surface area contributed by atoms with Gasteiger partial charge in [-0.15, -0.1) is 0 Å². The van der Waals surface area contributed by atoms with Crippen LogP contribution in [0, 0.1) is 0 Å². The first-order chi connectivity index (χ1) is 6.11. The molecular weight excluding hydrogens is 206 g/mol. The average molecular weight is 225 g/mol. The van der Waals surface area contributed by atoms with E-state index in [0.29, 0.717) is 0 Å². The minimum Gasteiger partial charge on any atom is -0.394 e. The zero-order chi connectivity index (χ0) is 11.6. The molecule has 0 fully saturated rings. The zero-order valence-corrected chi connectivity index (χ0v) is 9.87. The highest BCUT2D eigenvalue weighted by Crippen LogP contribution is 2.17. The number of aliphatic hydroxyl groups is 2. The van der Waals surface area contributed by atoms with E-state index in [0.717, 1.165) is 10.6 Å². The second-order valence-corrected chi connectivity index (χ2v) is 6.02. The SMILES string of the molecule is CC(O)CN(C(C)(C)CO)S(C)(=O)=O. The fraction of sp³-hybridized carbons (Fsp3) is 1.00. The molecule has 2 N–H and O–H groups in total. The van der Waals surface area contributed by atoms with Gasteiger partial charge in [-0.2, -0.15) is 4.31 Å². The average Bonchev–Trinajstić information content (AvgIpc) is 1.98. The molecule has 0 aromatic carbocycles. The summed E-state index contributed by atoms with van der Waals surface area (Å²) in [6.45, 7) is 4.43. The number of nitrogens with zero attached hydrogens (tertiary/aromatic N) is 1. The van der Waals surface area contributed by atoms with E-state index in [-0.39, 0.29) is 13.2 Å². The summed E-state index contributed by atoms with van der Waals surface area (Å²) >= 11 is 0. The molecule has 5 nitrogen and oxygen atoms in total. The van der Waals surface area contributed by atoms with E-state index >= 15 is 0 Å². The van der Waals surface area contributed by atoms with Crippen molar-refractivity contribution in [3.8, 4) is 0 Å². The summed E-state index contributed by atoms with van der Waals surface area (Å²) in [4.78, 5) is 0. The molecule has 6 heteroatoms. The fourth-order valence-corrected chi connectivity index (χ4v) is 2.59. The number of β-amino-alcohol motifs (C(OH)–C–C–N with tert-alkyl or cyclic N) is 1. The zero-order valence-electron chi connectivity index (χ0n) is 9.06. The Morgan fingerprint density at radius 3 is 2.07 bits per heavy atom. The summed E-state index contributed by atoms with van der Waals surface area (Å²) in [6, 6.07) is 0. The molecule has 0 bridgehead atoms. The molecule has 0 aromatic rings. The molecular formula is C8H19NO4S. The Kier molecular flexibility index (Phi) is 4.51. The van der Waals surface area contributed by atoms with Gasteiger partial charge < -0.3 is 10.2 Å². The third-order valence-electron chi connectivity index (χ3n) is 1.89. The highest BCUT2D eigenvalue weighted by atomic mass is 32.2. The topological polar surface area (TPSA) is 77.8 Å². The largest absolute Gasteiger partial charge is 0.394 e. The maximum atomic E-state index is 11.4. The molecule has 0 radical (unpaired) electrons. The Morgan fingerprint density at radius 1 is 1.43 bits per heavy atom. The van der Waals surface area contributed by atoms with E-state index in [1.54, 1.807) is 13.8 Å². The number of aliphatic hydroxyl groups excluding tert-OH is 2. The van der Waals surface area contributed by atoms with Crippen LogP contribution in [0.15, 0.2) is 0 Å². The lowest BCUT2D eigenvalue weighted by Gasteiger charge is -2.35. The van der Waals surface area contributed by atoms with Gasteiger partial charge in [0.2, 0.25) is 10.0 Å². The fourth-order valence-electron chi connectivity index (χ4n) is 1.15.